The largest absolute Gasteiger partial charge is 0.378 e. The van der Waals surface area contributed by atoms with Gasteiger partial charge in [-0.2, -0.15) is 0 Å². The molecule has 1 heterocycles. The van der Waals surface area contributed by atoms with Gasteiger partial charge in [-0.15, -0.1) is 0 Å². The molecule has 0 bridgehead atoms. The van der Waals surface area contributed by atoms with Gasteiger partial charge >= 0.3 is 0 Å². The van der Waals surface area contributed by atoms with Gasteiger partial charge in [0.25, 0.3) is 0 Å². The number of aliphatic imine (C=N–C) groups is 1. The fourth-order valence-electron chi connectivity index (χ4n) is 3.85. The molecule has 2 aliphatic rings. The maximum absolute atomic E-state index is 11.6. The molecule has 7 nitrogen and oxygen atoms in total. The predicted molar refractivity (Wildman–Crippen MR) is 106 cm³/mol. The summed E-state index contributed by atoms with van der Waals surface area (Å²) in [4.78, 5) is 4.77. The van der Waals surface area contributed by atoms with E-state index < -0.39 is 10.0 Å². The highest BCUT2D eigenvalue weighted by molar-refractivity contribution is 7.88. The summed E-state index contributed by atoms with van der Waals surface area (Å²) < 4.78 is 30.5. The summed E-state index contributed by atoms with van der Waals surface area (Å²) >= 11 is 0. The van der Waals surface area contributed by atoms with Crippen LogP contribution in [0.5, 0.6) is 0 Å². The summed E-state index contributed by atoms with van der Waals surface area (Å²) in [7, 11) is -1.29. The second kappa shape index (κ2) is 8.02. The molecule has 0 amide bonds. The van der Waals surface area contributed by atoms with Gasteiger partial charge < -0.3 is 15.4 Å². The third-order valence-electron chi connectivity index (χ3n) is 6.48. The van der Waals surface area contributed by atoms with Crippen LogP contribution >= 0.6 is 0 Å². The lowest BCUT2D eigenvalue weighted by Gasteiger charge is -2.59. The summed E-state index contributed by atoms with van der Waals surface area (Å²) in [6.07, 6.45) is 3.97. The van der Waals surface area contributed by atoms with Crippen LogP contribution in [-0.2, 0) is 14.8 Å². The Morgan fingerprint density at radius 1 is 1.27 bits per heavy atom. The Labute approximate surface area is 159 Å². The fraction of sp³-hybridized carbons (Fsp3) is 0.944. The summed E-state index contributed by atoms with van der Waals surface area (Å²) in [6, 6.07) is 0.317. The van der Waals surface area contributed by atoms with Crippen LogP contribution in [0.2, 0.25) is 0 Å². The minimum absolute atomic E-state index is 0.0266. The third kappa shape index (κ3) is 4.51. The molecule has 1 aliphatic heterocycles. The van der Waals surface area contributed by atoms with Gasteiger partial charge in [0.1, 0.15) is 0 Å². The first-order valence-corrected chi connectivity index (χ1v) is 11.4. The highest BCUT2D eigenvalue weighted by Gasteiger charge is 2.58. The molecule has 0 aromatic heterocycles. The van der Waals surface area contributed by atoms with Crippen molar-refractivity contribution in [3.8, 4) is 0 Å². The normalized spacial score (nSPS) is 30.7. The number of ether oxygens (including phenoxy) is 1. The Kier molecular flexibility index (Phi) is 6.62. The summed E-state index contributed by atoms with van der Waals surface area (Å²) in [5, 5.41) is 6.89. The number of nitrogens with one attached hydrogen (secondary N) is 2. The molecule has 0 spiro atoms. The van der Waals surface area contributed by atoms with Crippen molar-refractivity contribution in [2.45, 2.75) is 58.6 Å². The Balaban J connectivity index is 1.90. The van der Waals surface area contributed by atoms with E-state index in [1.54, 1.807) is 11.4 Å². The summed E-state index contributed by atoms with van der Waals surface area (Å²) in [6.45, 7) is 11.4. The van der Waals surface area contributed by atoms with E-state index in [1.807, 2.05) is 0 Å². The van der Waals surface area contributed by atoms with Crippen molar-refractivity contribution < 1.29 is 13.2 Å². The van der Waals surface area contributed by atoms with E-state index in [0.717, 1.165) is 38.3 Å². The van der Waals surface area contributed by atoms with Crippen molar-refractivity contribution in [3.05, 3.63) is 0 Å². The van der Waals surface area contributed by atoms with Crippen LogP contribution in [0.15, 0.2) is 4.99 Å². The van der Waals surface area contributed by atoms with Crippen LogP contribution in [0.4, 0.5) is 0 Å². The molecule has 2 fully saturated rings. The average Bonchev–Trinajstić information content (AvgIpc) is 2.58. The van der Waals surface area contributed by atoms with Gasteiger partial charge in [0.2, 0.25) is 10.0 Å². The van der Waals surface area contributed by atoms with E-state index in [0.29, 0.717) is 25.0 Å². The lowest BCUT2D eigenvalue weighted by Crippen LogP contribution is -2.69. The van der Waals surface area contributed by atoms with Crippen LogP contribution in [0.25, 0.3) is 0 Å². The first-order chi connectivity index (χ1) is 12.0. The van der Waals surface area contributed by atoms with E-state index in [9.17, 15) is 8.42 Å². The maximum Gasteiger partial charge on any atom is 0.211 e. The number of hydrogen-bond acceptors (Lipinski definition) is 4. The SMILES string of the molecule is CCNC(=NCC1CCN(S(C)(=O)=O)CC1)NC1CC(C)(OC)C1(C)C. The van der Waals surface area contributed by atoms with E-state index in [1.165, 1.54) is 6.26 Å². The molecular formula is C18H36N4O3S. The van der Waals surface area contributed by atoms with E-state index in [2.05, 4.69) is 38.3 Å². The quantitative estimate of drug-likeness (QED) is 0.531. The molecular weight excluding hydrogens is 352 g/mol. The standard InChI is InChI=1S/C18H36N4O3S/c1-7-19-16(21-15-12-18(4,25-5)17(15,2)3)20-13-14-8-10-22(11-9-14)26(6,23)24/h14-15H,7-13H2,1-6H3,(H2,19,20,21). The Morgan fingerprint density at radius 2 is 1.88 bits per heavy atom. The van der Waals surface area contributed by atoms with Gasteiger partial charge in [-0.25, -0.2) is 12.7 Å². The molecule has 2 N–H and O–H groups in total. The Bertz CT molecular complexity index is 612. The zero-order valence-electron chi connectivity index (χ0n) is 17.1. The average molecular weight is 389 g/mol. The number of piperidine rings is 1. The fourth-order valence-corrected chi connectivity index (χ4v) is 4.73. The van der Waals surface area contributed by atoms with Crippen molar-refractivity contribution >= 4 is 16.0 Å². The van der Waals surface area contributed by atoms with Gasteiger partial charge in [-0.1, -0.05) is 13.8 Å². The van der Waals surface area contributed by atoms with Gasteiger partial charge in [-0.3, -0.25) is 4.99 Å². The van der Waals surface area contributed by atoms with Crippen molar-refractivity contribution in [3.63, 3.8) is 0 Å². The van der Waals surface area contributed by atoms with Crippen molar-refractivity contribution in [2.75, 3.05) is 39.5 Å². The Hall–Kier alpha value is -0.860. The number of methoxy groups -OCH3 is 1. The summed E-state index contributed by atoms with van der Waals surface area (Å²) in [5.41, 5.74) is -0.0841. The van der Waals surface area contributed by atoms with Crippen LogP contribution in [-0.4, -0.2) is 69.9 Å². The zero-order chi connectivity index (χ0) is 19.6. The number of guanidine groups is 1. The first kappa shape index (κ1) is 21.4. The van der Waals surface area contributed by atoms with Gasteiger partial charge in [0.15, 0.2) is 5.96 Å². The molecule has 0 aromatic rings. The maximum atomic E-state index is 11.6. The monoisotopic (exact) mass is 388 g/mol. The van der Waals surface area contributed by atoms with Crippen LogP contribution < -0.4 is 10.6 Å². The third-order valence-corrected chi connectivity index (χ3v) is 7.79. The molecule has 2 rings (SSSR count). The topological polar surface area (TPSA) is 83.0 Å². The predicted octanol–water partition coefficient (Wildman–Crippen LogP) is 1.42. The molecule has 1 aliphatic carbocycles. The van der Waals surface area contributed by atoms with Crippen LogP contribution in [0.3, 0.4) is 0 Å². The molecule has 8 heteroatoms. The van der Waals surface area contributed by atoms with Gasteiger partial charge in [-0.05, 0) is 39.0 Å². The second-order valence-electron chi connectivity index (χ2n) is 8.38. The van der Waals surface area contributed by atoms with E-state index in [4.69, 9.17) is 9.73 Å². The number of hydrogen-bond donors (Lipinski definition) is 2. The van der Waals surface area contributed by atoms with Gasteiger partial charge in [0, 0.05) is 44.7 Å². The van der Waals surface area contributed by atoms with Crippen LogP contribution in [0, 0.1) is 11.3 Å². The molecule has 0 aromatic carbocycles. The zero-order valence-corrected chi connectivity index (χ0v) is 17.9. The molecule has 2 atom stereocenters. The highest BCUT2D eigenvalue weighted by Crippen LogP contribution is 2.51. The number of sulfonamides is 1. The first-order valence-electron chi connectivity index (χ1n) is 9.58. The summed E-state index contributed by atoms with van der Waals surface area (Å²) in [5.74, 6) is 1.27. The van der Waals surface area contributed by atoms with Crippen LogP contribution in [0.1, 0.15) is 47.0 Å². The van der Waals surface area contributed by atoms with E-state index in [-0.39, 0.29) is 11.0 Å². The molecule has 0 radical (unpaired) electrons. The number of nitrogens with zero attached hydrogens (tertiary/aromatic N) is 2. The van der Waals surface area contributed by atoms with Crippen molar-refractivity contribution in [2.24, 2.45) is 16.3 Å². The second-order valence-corrected chi connectivity index (χ2v) is 10.4. The number of rotatable bonds is 6. The van der Waals surface area contributed by atoms with E-state index >= 15 is 0 Å². The van der Waals surface area contributed by atoms with Gasteiger partial charge in [0.05, 0.1) is 11.9 Å². The smallest absolute Gasteiger partial charge is 0.211 e. The minimum atomic E-state index is -3.07. The molecule has 26 heavy (non-hydrogen) atoms. The Morgan fingerprint density at radius 3 is 2.35 bits per heavy atom. The lowest BCUT2D eigenvalue weighted by atomic mass is 9.56. The lowest BCUT2D eigenvalue weighted by molar-refractivity contribution is -0.176. The molecule has 1 saturated carbocycles. The minimum Gasteiger partial charge on any atom is -0.378 e. The molecule has 152 valence electrons. The molecule has 1 saturated heterocycles. The van der Waals surface area contributed by atoms with Crippen molar-refractivity contribution in [1.29, 1.82) is 0 Å². The van der Waals surface area contributed by atoms with Crippen molar-refractivity contribution in [1.82, 2.24) is 14.9 Å². The highest BCUT2D eigenvalue weighted by atomic mass is 32.2. The molecule has 2 unspecified atom stereocenters.